The molecule has 0 bridgehead atoms. The van der Waals surface area contributed by atoms with E-state index in [9.17, 15) is 10.1 Å². The topological polar surface area (TPSA) is 94.1 Å². The van der Waals surface area contributed by atoms with Crippen LogP contribution < -0.4 is 11.1 Å². The third-order valence-electron chi connectivity index (χ3n) is 2.97. The second kappa shape index (κ2) is 4.93. The van der Waals surface area contributed by atoms with Gasteiger partial charge >= 0.3 is 5.69 Å². The number of hydrogen-bond acceptors (Lipinski definition) is 5. The van der Waals surface area contributed by atoms with E-state index in [1.54, 1.807) is 0 Å². The van der Waals surface area contributed by atoms with Crippen molar-refractivity contribution in [2.24, 2.45) is 0 Å². The van der Waals surface area contributed by atoms with Crippen LogP contribution in [0, 0.1) is 24.0 Å². The summed E-state index contributed by atoms with van der Waals surface area (Å²) in [5, 5.41) is 13.8. The predicted molar refractivity (Wildman–Crippen MR) is 74.5 cm³/mol. The molecule has 1 aromatic heterocycles. The van der Waals surface area contributed by atoms with Gasteiger partial charge in [-0.25, -0.2) is 4.98 Å². The molecule has 3 N–H and O–H groups in total. The van der Waals surface area contributed by atoms with Crippen molar-refractivity contribution in [2.75, 3.05) is 11.1 Å². The number of aromatic nitrogens is 1. The largest absolute Gasteiger partial charge is 0.378 e. The number of rotatable bonds is 3. The average molecular weight is 258 g/mol. The van der Waals surface area contributed by atoms with Gasteiger partial charge in [-0.1, -0.05) is 12.1 Å². The van der Waals surface area contributed by atoms with Gasteiger partial charge in [-0.15, -0.1) is 0 Å². The molecule has 0 aliphatic heterocycles. The fourth-order valence-electron chi connectivity index (χ4n) is 1.72. The lowest BCUT2D eigenvalue weighted by atomic mass is 10.1. The van der Waals surface area contributed by atoms with Gasteiger partial charge in [-0.3, -0.25) is 10.1 Å². The molecule has 0 radical (unpaired) electrons. The smallest absolute Gasteiger partial charge is 0.311 e. The van der Waals surface area contributed by atoms with Crippen LogP contribution in [0.3, 0.4) is 0 Å². The summed E-state index contributed by atoms with van der Waals surface area (Å²) in [6, 6.07) is 8.74. The van der Waals surface area contributed by atoms with Crippen molar-refractivity contribution >= 4 is 23.0 Å². The Labute approximate surface area is 110 Å². The molecule has 0 unspecified atom stereocenters. The maximum Gasteiger partial charge on any atom is 0.311 e. The Balaban J connectivity index is 2.32. The molecule has 6 heteroatoms. The summed E-state index contributed by atoms with van der Waals surface area (Å²) in [7, 11) is 0. The van der Waals surface area contributed by atoms with Crippen LogP contribution in [-0.4, -0.2) is 9.91 Å². The molecule has 2 aromatic rings. The summed E-state index contributed by atoms with van der Waals surface area (Å²) in [4.78, 5) is 14.1. The van der Waals surface area contributed by atoms with Gasteiger partial charge in [0.05, 0.1) is 4.92 Å². The van der Waals surface area contributed by atoms with E-state index in [-0.39, 0.29) is 11.5 Å². The molecule has 0 saturated carbocycles. The van der Waals surface area contributed by atoms with Crippen LogP contribution in [0.4, 0.5) is 23.0 Å². The zero-order valence-corrected chi connectivity index (χ0v) is 10.7. The molecule has 19 heavy (non-hydrogen) atoms. The van der Waals surface area contributed by atoms with Crippen LogP contribution in [0.1, 0.15) is 11.1 Å². The summed E-state index contributed by atoms with van der Waals surface area (Å²) in [6.07, 6.45) is 0. The van der Waals surface area contributed by atoms with E-state index < -0.39 is 4.92 Å². The lowest BCUT2D eigenvalue weighted by molar-refractivity contribution is -0.384. The first-order valence-electron chi connectivity index (χ1n) is 5.73. The van der Waals surface area contributed by atoms with E-state index >= 15 is 0 Å². The van der Waals surface area contributed by atoms with E-state index in [0.717, 1.165) is 16.8 Å². The highest BCUT2D eigenvalue weighted by atomic mass is 16.6. The third-order valence-corrected chi connectivity index (χ3v) is 2.97. The molecule has 6 nitrogen and oxygen atoms in total. The van der Waals surface area contributed by atoms with E-state index in [2.05, 4.69) is 10.3 Å². The van der Waals surface area contributed by atoms with Crippen LogP contribution in [0.2, 0.25) is 0 Å². The maximum atomic E-state index is 10.7. The highest BCUT2D eigenvalue weighted by molar-refractivity contribution is 5.65. The first-order chi connectivity index (χ1) is 8.99. The lowest BCUT2D eigenvalue weighted by Gasteiger charge is -2.11. The zero-order valence-electron chi connectivity index (χ0n) is 10.7. The van der Waals surface area contributed by atoms with Gasteiger partial charge in [0.1, 0.15) is 5.82 Å². The van der Waals surface area contributed by atoms with Gasteiger partial charge in [0, 0.05) is 11.8 Å². The minimum Gasteiger partial charge on any atom is -0.378 e. The van der Waals surface area contributed by atoms with E-state index in [0.29, 0.717) is 5.82 Å². The summed E-state index contributed by atoms with van der Waals surface area (Å²) in [6.45, 7) is 4.00. The van der Waals surface area contributed by atoms with Gasteiger partial charge < -0.3 is 11.1 Å². The van der Waals surface area contributed by atoms with Crippen molar-refractivity contribution in [3.05, 3.63) is 51.6 Å². The lowest BCUT2D eigenvalue weighted by Crippen LogP contribution is -2.02. The Bertz CT molecular complexity index is 641. The van der Waals surface area contributed by atoms with Gasteiger partial charge in [-0.05, 0) is 37.1 Å². The van der Waals surface area contributed by atoms with Gasteiger partial charge in [0.25, 0.3) is 0 Å². The Kier molecular flexibility index (Phi) is 3.33. The van der Waals surface area contributed by atoms with E-state index in [4.69, 9.17) is 5.73 Å². The summed E-state index contributed by atoms with van der Waals surface area (Å²) in [5.41, 5.74) is 8.52. The minimum absolute atomic E-state index is 0.0969. The first-order valence-corrected chi connectivity index (χ1v) is 5.73. The van der Waals surface area contributed by atoms with Crippen molar-refractivity contribution in [2.45, 2.75) is 13.8 Å². The maximum absolute atomic E-state index is 10.7. The van der Waals surface area contributed by atoms with Crippen LogP contribution in [0.15, 0.2) is 30.3 Å². The van der Waals surface area contributed by atoms with Crippen molar-refractivity contribution in [1.29, 1.82) is 0 Å². The molecule has 1 heterocycles. The molecule has 0 aliphatic rings. The highest BCUT2D eigenvalue weighted by Crippen LogP contribution is 2.25. The van der Waals surface area contributed by atoms with E-state index in [1.165, 1.54) is 12.1 Å². The summed E-state index contributed by atoms with van der Waals surface area (Å²) in [5.74, 6) is 0.386. The Hall–Kier alpha value is -2.63. The number of anilines is 3. The van der Waals surface area contributed by atoms with Crippen LogP contribution in [0.25, 0.3) is 0 Å². The molecule has 2 rings (SSSR count). The monoisotopic (exact) mass is 258 g/mol. The predicted octanol–water partition coefficient (Wildman–Crippen LogP) is 2.93. The number of pyridine rings is 1. The van der Waals surface area contributed by atoms with Crippen molar-refractivity contribution in [3.8, 4) is 0 Å². The minimum atomic E-state index is -0.552. The summed E-state index contributed by atoms with van der Waals surface area (Å²) >= 11 is 0. The fourth-order valence-corrected chi connectivity index (χ4v) is 1.72. The SMILES string of the molecule is Cc1cccc(Nc2ccc([N+](=O)[O-])c(N)n2)c1C. The van der Waals surface area contributed by atoms with Crippen LogP contribution in [0.5, 0.6) is 0 Å². The standard InChI is InChI=1S/C13H14N4O2/c1-8-4-3-5-10(9(8)2)15-12-7-6-11(17(18)19)13(14)16-12/h3-7H,1-2H3,(H3,14,15,16). The first kappa shape index (κ1) is 12.8. The molecular weight excluding hydrogens is 244 g/mol. The van der Waals surface area contributed by atoms with Crippen molar-refractivity contribution in [3.63, 3.8) is 0 Å². The third kappa shape index (κ3) is 2.62. The Morgan fingerprint density at radius 1 is 1.26 bits per heavy atom. The molecule has 0 spiro atoms. The molecule has 0 saturated heterocycles. The number of aryl methyl sites for hydroxylation is 1. The van der Waals surface area contributed by atoms with Gasteiger partial charge in [-0.2, -0.15) is 0 Å². The van der Waals surface area contributed by atoms with Crippen LogP contribution >= 0.6 is 0 Å². The van der Waals surface area contributed by atoms with Gasteiger partial charge in [0.2, 0.25) is 5.82 Å². The molecule has 1 aromatic carbocycles. The Morgan fingerprint density at radius 2 is 2.00 bits per heavy atom. The number of hydrogen-bond donors (Lipinski definition) is 2. The van der Waals surface area contributed by atoms with Crippen LogP contribution in [-0.2, 0) is 0 Å². The van der Waals surface area contributed by atoms with Gasteiger partial charge in [0.15, 0.2) is 0 Å². The molecule has 0 aliphatic carbocycles. The van der Waals surface area contributed by atoms with E-state index in [1.807, 2.05) is 32.0 Å². The molecule has 0 fully saturated rings. The molecule has 98 valence electrons. The number of nitrogens with two attached hydrogens (primary N) is 1. The summed E-state index contributed by atoms with van der Waals surface area (Å²) < 4.78 is 0. The number of nitrogen functional groups attached to an aromatic ring is 1. The second-order valence-corrected chi connectivity index (χ2v) is 4.23. The second-order valence-electron chi connectivity index (χ2n) is 4.23. The normalized spacial score (nSPS) is 10.2. The zero-order chi connectivity index (χ0) is 14.0. The molecule has 0 atom stereocenters. The van der Waals surface area contributed by atoms with Crippen molar-refractivity contribution in [1.82, 2.24) is 4.98 Å². The quantitative estimate of drug-likeness (QED) is 0.652. The highest BCUT2D eigenvalue weighted by Gasteiger charge is 2.13. The van der Waals surface area contributed by atoms with Crippen molar-refractivity contribution < 1.29 is 4.92 Å². The number of benzene rings is 1. The number of nitro groups is 1. The average Bonchev–Trinajstić information content (AvgIpc) is 2.34. The molecule has 0 amide bonds. The number of nitrogens with one attached hydrogen (secondary N) is 1. The fraction of sp³-hybridized carbons (Fsp3) is 0.154. The molecular formula is C13H14N4O2. The number of nitrogens with zero attached hydrogens (tertiary/aromatic N) is 2. The Morgan fingerprint density at radius 3 is 2.63 bits per heavy atom.